The maximum atomic E-state index is 12.9. The molecule has 0 aliphatic carbocycles. The Kier molecular flexibility index (Phi) is 4.33. The number of carbonyl (C=O) groups is 1. The molecule has 2 aromatic heterocycles. The molecule has 0 spiro atoms. The van der Waals surface area contributed by atoms with E-state index in [0.29, 0.717) is 5.69 Å². The highest BCUT2D eigenvalue weighted by molar-refractivity contribution is 7.15. The van der Waals surface area contributed by atoms with Crippen LogP contribution in [0.5, 0.6) is 0 Å². The van der Waals surface area contributed by atoms with Gasteiger partial charge >= 0.3 is 0 Å². The van der Waals surface area contributed by atoms with E-state index in [-0.39, 0.29) is 11.7 Å². The molecule has 26 heavy (non-hydrogen) atoms. The average molecular weight is 363 g/mol. The molecule has 2 heterocycles. The van der Waals surface area contributed by atoms with Crippen LogP contribution < -0.4 is 5.32 Å². The number of benzene rings is 2. The zero-order valence-electron chi connectivity index (χ0n) is 13.6. The van der Waals surface area contributed by atoms with E-state index >= 15 is 0 Å². The molecule has 6 heteroatoms. The Morgan fingerprint density at radius 2 is 1.96 bits per heavy atom. The number of imidazole rings is 1. The zero-order chi connectivity index (χ0) is 17.9. The van der Waals surface area contributed by atoms with Crippen LogP contribution in [0.3, 0.4) is 0 Å². The van der Waals surface area contributed by atoms with Crippen LogP contribution in [0.15, 0.2) is 72.4 Å². The van der Waals surface area contributed by atoms with Gasteiger partial charge in [-0.25, -0.2) is 9.37 Å². The number of anilines is 1. The third kappa shape index (κ3) is 3.41. The molecule has 0 aliphatic rings. The molecule has 0 radical (unpaired) electrons. The van der Waals surface area contributed by atoms with Gasteiger partial charge in [-0.15, -0.1) is 11.3 Å². The third-order valence-corrected chi connectivity index (χ3v) is 4.62. The highest BCUT2D eigenvalue weighted by Gasteiger charge is 2.10. The molecular formula is C20H14FN3OS. The molecule has 4 aromatic rings. The number of thiazole rings is 1. The van der Waals surface area contributed by atoms with Gasteiger partial charge in [0.1, 0.15) is 5.82 Å². The van der Waals surface area contributed by atoms with E-state index in [1.54, 1.807) is 29.5 Å². The van der Waals surface area contributed by atoms with Crippen molar-refractivity contribution >= 4 is 34.0 Å². The molecule has 0 bridgehead atoms. The first-order chi connectivity index (χ1) is 12.7. The lowest BCUT2D eigenvalue weighted by Crippen LogP contribution is -2.08. The van der Waals surface area contributed by atoms with Crippen LogP contribution in [0.1, 0.15) is 5.56 Å². The number of hydrogen-bond acceptors (Lipinski definition) is 3. The predicted molar refractivity (Wildman–Crippen MR) is 103 cm³/mol. The van der Waals surface area contributed by atoms with Crippen molar-refractivity contribution in [2.75, 3.05) is 5.32 Å². The first kappa shape index (κ1) is 16.2. The number of carbonyl (C=O) groups excluding carboxylic acids is 1. The fourth-order valence-corrected chi connectivity index (χ4v) is 3.29. The predicted octanol–water partition coefficient (Wildman–Crippen LogP) is 4.85. The molecule has 2 aromatic carbocycles. The van der Waals surface area contributed by atoms with Crippen molar-refractivity contribution in [1.29, 1.82) is 0 Å². The number of halogens is 1. The van der Waals surface area contributed by atoms with Crippen LogP contribution in [0.4, 0.5) is 10.1 Å². The molecule has 0 atom stereocenters. The summed E-state index contributed by atoms with van der Waals surface area (Å²) in [6.07, 6.45) is 6.95. The van der Waals surface area contributed by atoms with Crippen LogP contribution in [-0.2, 0) is 4.79 Å². The number of fused-ring (bicyclic) bond motifs is 1. The Hall–Kier alpha value is -3.25. The Balaban J connectivity index is 1.55. The van der Waals surface area contributed by atoms with Gasteiger partial charge in [-0.2, -0.15) is 0 Å². The van der Waals surface area contributed by atoms with Gasteiger partial charge in [0, 0.05) is 29.4 Å². The summed E-state index contributed by atoms with van der Waals surface area (Å²) in [6.45, 7) is 0. The molecule has 1 amide bonds. The van der Waals surface area contributed by atoms with E-state index in [4.69, 9.17) is 0 Å². The second-order valence-electron chi connectivity index (χ2n) is 5.64. The SMILES string of the molecule is O=C(C=Cc1ccc(F)cc1)Nc1ccccc1-c1cn2ccsc2n1. The van der Waals surface area contributed by atoms with Gasteiger partial charge in [-0.1, -0.05) is 30.3 Å². The molecule has 0 fully saturated rings. The number of amides is 1. The third-order valence-electron chi connectivity index (χ3n) is 3.85. The summed E-state index contributed by atoms with van der Waals surface area (Å²) in [7, 11) is 0. The van der Waals surface area contributed by atoms with E-state index in [0.717, 1.165) is 21.8 Å². The number of nitrogens with zero attached hydrogens (tertiary/aromatic N) is 2. The minimum Gasteiger partial charge on any atom is -0.322 e. The quantitative estimate of drug-likeness (QED) is 0.527. The fraction of sp³-hybridized carbons (Fsp3) is 0. The molecule has 0 aliphatic heterocycles. The summed E-state index contributed by atoms with van der Waals surface area (Å²) < 4.78 is 14.9. The van der Waals surface area contributed by atoms with Gasteiger partial charge in [0.25, 0.3) is 0 Å². The maximum absolute atomic E-state index is 12.9. The van der Waals surface area contributed by atoms with Crippen molar-refractivity contribution in [3.8, 4) is 11.3 Å². The Bertz CT molecular complexity index is 1070. The normalized spacial score (nSPS) is 11.3. The zero-order valence-corrected chi connectivity index (χ0v) is 14.4. The van der Waals surface area contributed by atoms with Gasteiger partial charge in [0.15, 0.2) is 4.96 Å². The lowest BCUT2D eigenvalue weighted by atomic mass is 10.1. The smallest absolute Gasteiger partial charge is 0.248 e. The van der Waals surface area contributed by atoms with Crippen molar-refractivity contribution in [3.63, 3.8) is 0 Å². The molecule has 0 saturated heterocycles. The summed E-state index contributed by atoms with van der Waals surface area (Å²) in [5.41, 5.74) is 3.10. The van der Waals surface area contributed by atoms with Crippen molar-refractivity contribution in [3.05, 3.63) is 83.8 Å². The summed E-state index contributed by atoms with van der Waals surface area (Å²) in [5, 5.41) is 4.85. The van der Waals surface area contributed by atoms with Crippen LogP contribution in [0.25, 0.3) is 22.3 Å². The maximum Gasteiger partial charge on any atom is 0.248 e. The lowest BCUT2D eigenvalue weighted by Gasteiger charge is -2.07. The number of rotatable bonds is 4. The summed E-state index contributed by atoms with van der Waals surface area (Å²) in [5.74, 6) is -0.566. The van der Waals surface area contributed by atoms with Crippen molar-refractivity contribution in [2.45, 2.75) is 0 Å². The minimum absolute atomic E-state index is 0.261. The Morgan fingerprint density at radius 3 is 2.77 bits per heavy atom. The second-order valence-corrected chi connectivity index (χ2v) is 6.51. The highest BCUT2D eigenvalue weighted by Crippen LogP contribution is 2.28. The topological polar surface area (TPSA) is 46.4 Å². The van der Waals surface area contributed by atoms with E-state index in [9.17, 15) is 9.18 Å². The molecule has 1 N–H and O–H groups in total. The van der Waals surface area contributed by atoms with Gasteiger partial charge < -0.3 is 5.32 Å². The summed E-state index contributed by atoms with van der Waals surface area (Å²) in [6, 6.07) is 13.5. The number of nitrogens with one attached hydrogen (secondary N) is 1. The van der Waals surface area contributed by atoms with Crippen molar-refractivity contribution < 1.29 is 9.18 Å². The Morgan fingerprint density at radius 1 is 1.15 bits per heavy atom. The van der Waals surface area contributed by atoms with Crippen molar-refractivity contribution in [1.82, 2.24) is 9.38 Å². The van der Waals surface area contributed by atoms with E-state index < -0.39 is 0 Å². The number of aromatic nitrogens is 2. The van der Waals surface area contributed by atoms with Crippen LogP contribution in [-0.4, -0.2) is 15.3 Å². The van der Waals surface area contributed by atoms with Crippen LogP contribution in [0, 0.1) is 5.82 Å². The van der Waals surface area contributed by atoms with Gasteiger partial charge in [-0.05, 0) is 29.8 Å². The van der Waals surface area contributed by atoms with Crippen molar-refractivity contribution in [2.24, 2.45) is 0 Å². The van der Waals surface area contributed by atoms with E-state index in [2.05, 4.69) is 10.3 Å². The minimum atomic E-state index is -0.305. The molecular weight excluding hydrogens is 349 g/mol. The van der Waals surface area contributed by atoms with Crippen LogP contribution in [0.2, 0.25) is 0 Å². The molecule has 0 unspecified atom stereocenters. The molecule has 128 valence electrons. The summed E-state index contributed by atoms with van der Waals surface area (Å²) >= 11 is 1.56. The molecule has 0 saturated carbocycles. The Labute approximate surface area is 153 Å². The lowest BCUT2D eigenvalue weighted by molar-refractivity contribution is -0.111. The molecule has 4 rings (SSSR count). The monoisotopic (exact) mass is 363 g/mol. The standard InChI is InChI=1S/C20H14FN3OS/c21-15-8-5-14(6-9-15)7-10-19(25)22-17-4-2-1-3-16(17)18-13-24-11-12-26-20(24)23-18/h1-13H,(H,22,25). The van der Waals surface area contributed by atoms with Gasteiger partial charge in [0.05, 0.1) is 11.4 Å². The molecule has 4 nitrogen and oxygen atoms in total. The first-order valence-corrected chi connectivity index (χ1v) is 8.83. The van der Waals surface area contributed by atoms with E-state index in [1.807, 2.05) is 46.4 Å². The average Bonchev–Trinajstić information content (AvgIpc) is 3.24. The van der Waals surface area contributed by atoms with Crippen LogP contribution >= 0.6 is 11.3 Å². The first-order valence-electron chi connectivity index (χ1n) is 7.95. The highest BCUT2D eigenvalue weighted by atomic mass is 32.1. The largest absolute Gasteiger partial charge is 0.322 e. The second kappa shape index (κ2) is 6.93. The number of hydrogen-bond donors (Lipinski definition) is 1. The van der Waals surface area contributed by atoms with E-state index in [1.165, 1.54) is 18.2 Å². The van der Waals surface area contributed by atoms with Gasteiger partial charge in [-0.3, -0.25) is 9.20 Å². The fourth-order valence-electron chi connectivity index (χ4n) is 2.59. The number of para-hydroxylation sites is 1. The summed E-state index contributed by atoms with van der Waals surface area (Å²) in [4.78, 5) is 17.8. The van der Waals surface area contributed by atoms with Gasteiger partial charge in [0.2, 0.25) is 5.91 Å².